The molecule has 0 radical (unpaired) electrons. The third-order valence-electron chi connectivity index (χ3n) is 4.69. The summed E-state index contributed by atoms with van der Waals surface area (Å²) in [6.07, 6.45) is 1.69. The van der Waals surface area contributed by atoms with E-state index in [9.17, 15) is 9.59 Å². The molecule has 0 aromatic heterocycles. The molecule has 1 atom stereocenters. The normalized spacial score (nSPS) is 16.7. The van der Waals surface area contributed by atoms with Gasteiger partial charge < -0.3 is 10.2 Å². The van der Waals surface area contributed by atoms with Gasteiger partial charge in [0.25, 0.3) is 0 Å². The van der Waals surface area contributed by atoms with Crippen LogP contribution in [0.25, 0.3) is 0 Å². The Morgan fingerprint density at radius 1 is 1.12 bits per heavy atom. The molecule has 1 aromatic carbocycles. The zero-order valence-electron chi connectivity index (χ0n) is 15.1. The highest BCUT2D eigenvalue weighted by molar-refractivity contribution is 7.96. The van der Waals surface area contributed by atoms with Crippen molar-refractivity contribution in [3.8, 4) is 0 Å². The molecular weight excluding hydrogens is 334 g/mol. The van der Waals surface area contributed by atoms with Crippen molar-refractivity contribution < 1.29 is 9.59 Å². The molecule has 0 aliphatic carbocycles. The number of benzene rings is 1. The molecule has 138 valence electrons. The quantitative estimate of drug-likeness (QED) is 0.732. The highest BCUT2D eigenvalue weighted by Gasteiger charge is 2.24. The number of hydrogen-bond acceptors (Lipinski definition) is 3. The number of carbonyl (C=O) groups is 2. The van der Waals surface area contributed by atoms with E-state index < -0.39 is 0 Å². The molecule has 1 aliphatic heterocycles. The Balaban J connectivity index is 1.91. The van der Waals surface area contributed by atoms with Gasteiger partial charge in [0.05, 0.1) is 0 Å². The highest BCUT2D eigenvalue weighted by Crippen LogP contribution is 2.11. The SMILES string of the molecule is CC(C)N1CCN(C(=O)NC(CCC(=O)S)Cc2ccccc2)CC1. The second-order valence-electron chi connectivity index (χ2n) is 6.89. The fourth-order valence-electron chi connectivity index (χ4n) is 3.13. The zero-order chi connectivity index (χ0) is 18.2. The van der Waals surface area contributed by atoms with Crippen LogP contribution in [0.2, 0.25) is 0 Å². The number of rotatable bonds is 7. The summed E-state index contributed by atoms with van der Waals surface area (Å²) in [6.45, 7) is 7.66. The first kappa shape index (κ1) is 19.8. The molecule has 2 rings (SSSR count). The van der Waals surface area contributed by atoms with E-state index in [-0.39, 0.29) is 17.2 Å². The van der Waals surface area contributed by atoms with Crippen LogP contribution < -0.4 is 5.32 Å². The number of nitrogens with one attached hydrogen (secondary N) is 1. The number of hydrogen-bond donors (Lipinski definition) is 2. The van der Waals surface area contributed by atoms with Gasteiger partial charge in [0, 0.05) is 44.7 Å². The summed E-state index contributed by atoms with van der Waals surface area (Å²) in [5.74, 6) is 0. The predicted octanol–water partition coefficient (Wildman–Crippen LogP) is 2.57. The molecule has 6 heteroatoms. The van der Waals surface area contributed by atoms with E-state index in [0.717, 1.165) is 38.2 Å². The maximum Gasteiger partial charge on any atom is 0.317 e. The van der Waals surface area contributed by atoms with E-state index in [0.29, 0.717) is 18.9 Å². The van der Waals surface area contributed by atoms with Crippen molar-refractivity contribution in [3.05, 3.63) is 35.9 Å². The molecule has 2 amide bonds. The number of thiol groups is 1. The van der Waals surface area contributed by atoms with Gasteiger partial charge in [-0.15, -0.1) is 12.6 Å². The average molecular weight is 364 g/mol. The second-order valence-corrected chi connectivity index (χ2v) is 7.38. The standard InChI is InChI=1S/C19H29N3O2S/c1-15(2)21-10-12-22(13-11-21)19(24)20-17(8-9-18(23)25)14-16-6-4-3-5-7-16/h3-7,15,17H,8-14H2,1-2H3,(H,20,24)(H,23,25). The Morgan fingerprint density at radius 2 is 1.76 bits per heavy atom. The third-order valence-corrected chi connectivity index (χ3v) is 4.91. The Morgan fingerprint density at radius 3 is 2.32 bits per heavy atom. The van der Waals surface area contributed by atoms with Crippen LogP contribution in [0.5, 0.6) is 0 Å². The molecule has 5 nitrogen and oxygen atoms in total. The van der Waals surface area contributed by atoms with Gasteiger partial charge in [-0.3, -0.25) is 9.69 Å². The van der Waals surface area contributed by atoms with Crippen LogP contribution in [0.3, 0.4) is 0 Å². The number of nitrogens with zero attached hydrogens (tertiary/aromatic N) is 2. The maximum atomic E-state index is 12.6. The van der Waals surface area contributed by atoms with E-state index in [4.69, 9.17) is 0 Å². The molecule has 1 heterocycles. The lowest BCUT2D eigenvalue weighted by atomic mass is 10.0. The highest BCUT2D eigenvalue weighted by atomic mass is 32.1. The van der Waals surface area contributed by atoms with Crippen LogP contribution in [0.15, 0.2) is 30.3 Å². The summed E-state index contributed by atoms with van der Waals surface area (Å²) in [6, 6.07) is 10.5. The monoisotopic (exact) mass is 363 g/mol. The molecule has 0 bridgehead atoms. The summed E-state index contributed by atoms with van der Waals surface area (Å²) >= 11 is 3.85. The van der Waals surface area contributed by atoms with Crippen LogP contribution in [0.1, 0.15) is 32.3 Å². The lowest BCUT2D eigenvalue weighted by molar-refractivity contribution is -0.111. The van der Waals surface area contributed by atoms with Gasteiger partial charge in [-0.1, -0.05) is 30.3 Å². The molecular formula is C19H29N3O2S. The number of amides is 2. The molecule has 25 heavy (non-hydrogen) atoms. The van der Waals surface area contributed by atoms with Crippen LogP contribution in [-0.4, -0.2) is 59.2 Å². The first-order valence-corrected chi connectivity index (χ1v) is 9.45. The fourth-order valence-corrected chi connectivity index (χ4v) is 3.26. The first-order valence-electron chi connectivity index (χ1n) is 9.01. The van der Waals surface area contributed by atoms with Crippen molar-refractivity contribution in [2.24, 2.45) is 0 Å². The van der Waals surface area contributed by atoms with Gasteiger partial charge in [0.2, 0.25) is 0 Å². The van der Waals surface area contributed by atoms with Crippen LogP contribution in [0, 0.1) is 0 Å². The summed E-state index contributed by atoms with van der Waals surface area (Å²) in [5, 5.41) is 2.98. The van der Waals surface area contributed by atoms with Crippen molar-refractivity contribution in [2.45, 2.75) is 45.2 Å². The number of urea groups is 1. The van der Waals surface area contributed by atoms with Gasteiger partial charge >= 0.3 is 6.03 Å². The van der Waals surface area contributed by atoms with Crippen LogP contribution >= 0.6 is 12.6 Å². The van der Waals surface area contributed by atoms with Crippen molar-refractivity contribution in [2.75, 3.05) is 26.2 Å². The summed E-state index contributed by atoms with van der Waals surface area (Å²) in [5.41, 5.74) is 1.16. The van der Waals surface area contributed by atoms with Crippen LogP contribution in [-0.2, 0) is 11.2 Å². The van der Waals surface area contributed by atoms with Gasteiger partial charge in [0.1, 0.15) is 0 Å². The van der Waals surface area contributed by atoms with Crippen molar-refractivity contribution >= 4 is 23.8 Å². The first-order chi connectivity index (χ1) is 12.0. The smallest absolute Gasteiger partial charge is 0.317 e. The van der Waals surface area contributed by atoms with Gasteiger partial charge in [-0.05, 0) is 32.3 Å². The molecule has 0 spiro atoms. The number of carbonyl (C=O) groups excluding carboxylic acids is 2. The third kappa shape index (κ3) is 6.71. The van der Waals surface area contributed by atoms with Gasteiger partial charge in [-0.2, -0.15) is 0 Å². The second kappa shape index (κ2) is 9.82. The Hall–Kier alpha value is -1.53. The van der Waals surface area contributed by atoms with Crippen LogP contribution in [0.4, 0.5) is 4.79 Å². The van der Waals surface area contributed by atoms with Gasteiger partial charge in [0.15, 0.2) is 5.12 Å². The Kier molecular flexibility index (Phi) is 7.78. The van der Waals surface area contributed by atoms with E-state index in [1.807, 2.05) is 35.2 Å². The minimum absolute atomic E-state index is 0.0315. The minimum atomic E-state index is -0.141. The van der Waals surface area contributed by atoms with Gasteiger partial charge in [-0.25, -0.2) is 4.79 Å². The molecule has 1 saturated heterocycles. The van der Waals surface area contributed by atoms with E-state index in [1.54, 1.807) is 0 Å². The topological polar surface area (TPSA) is 52.6 Å². The average Bonchev–Trinajstić information content (AvgIpc) is 2.60. The molecule has 1 unspecified atom stereocenters. The Bertz CT molecular complexity index is 557. The van der Waals surface area contributed by atoms with E-state index in [1.165, 1.54) is 0 Å². The lowest BCUT2D eigenvalue weighted by Gasteiger charge is -2.37. The Labute approximate surface area is 156 Å². The zero-order valence-corrected chi connectivity index (χ0v) is 16.0. The number of piperazine rings is 1. The molecule has 1 aromatic rings. The summed E-state index contributed by atoms with van der Waals surface area (Å²) in [4.78, 5) is 28.1. The maximum absolute atomic E-state index is 12.6. The predicted molar refractivity (Wildman–Crippen MR) is 104 cm³/mol. The van der Waals surface area contributed by atoms with E-state index in [2.05, 4.69) is 36.7 Å². The molecule has 1 fully saturated rings. The van der Waals surface area contributed by atoms with Crippen molar-refractivity contribution in [1.29, 1.82) is 0 Å². The largest absolute Gasteiger partial charge is 0.335 e. The van der Waals surface area contributed by atoms with Crippen molar-refractivity contribution in [1.82, 2.24) is 15.1 Å². The molecule has 1 aliphatic rings. The van der Waals surface area contributed by atoms with E-state index >= 15 is 0 Å². The lowest BCUT2D eigenvalue weighted by Crippen LogP contribution is -2.54. The van der Waals surface area contributed by atoms with Crippen molar-refractivity contribution in [3.63, 3.8) is 0 Å². The fraction of sp³-hybridized carbons (Fsp3) is 0.579. The summed E-state index contributed by atoms with van der Waals surface area (Å²) < 4.78 is 0. The molecule has 0 saturated carbocycles. The summed E-state index contributed by atoms with van der Waals surface area (Å²) in [7, 11) is 0. The molecule has 1 N–H and O–H groups in total. The minimum Gasteiger partial charge on any atom is -0.335 e.